The SMILES string of the molecule is C=CCl.C=COCCCC.O=C(O)/C=C\C(=O)O. The molecule has 6 heteroatoms. The smallest absolute Gasteiger partial charge is 0.328 e. The van der Waals surface area contributed by atoms with Crippen LogP contribution in [-0.2, 0) is 14.3 Å². The molecule has 0 heterocycles. The number of rotatable bonds is 6. The zero-order valence-corrected chi connectivity index (χ0v) is 11.1. The molecule has 0 radical (unpaired) electrons. The van der Waals surface area contributed by atoms with Crippen LogP contribution in [0.5, 0.6) is 0 Å². The summed E-state index contributed by atoms with van der Waals surface area (Å²) in [4.78, 5) is 19.1. The molecule has 104 valence electrons. The van der Waals surface area contributed by atoms with Crippen molar-refractivity contribution >= 4 is 23.5 Å². The van der Waals surface area contributed by atoms with Crippen molar-refractivity contribution in [1.29, 1.82) is 0 Å². The van der Waals surface area contributed by atoms with Crippen LogP contribution in [0.1, 0.15) is 19.8 Å². The molecule has 0 unspecified atom stereocenters. The molecule has 0 aliphatic heterocycles. The van der Waals surface area contributed by atoms with E-state index in [1.165, 1.54) is 18.2 Å². The third-order valence-corrected chi connectivity index (χ3v) is 1.10. The minimum Gasteiger partial charge on any atom is -0.502 e. The van der Waals surface area contributed by atoms with E-state index >= 15 is 0 Å². The van der Waals surface area contributed by atoms with E-state index < -0.39 is 11.9 Å². The summed E-state index contributed by atoms with van der Waals surface area (Å²) in [7, 11) is 0. The molecule has 0 atom stereocenters. The molecular weight excluding hydrogens is 260 g/mol. The van der Waals surface area contributed by atoms with Crippen LogP contribution in [0.25, 0.3) is 0 Å². The van der Waals surface area contributed by atoms with Crippen LogP contribution >= 0.6 is 11.6 Å². The third kappa shape index (κ3) is 47.6. The molecular formula is C12H19ClO5. The van der Waals surface area contributed by atoms with Gasteiger partial charge in [-0.25, -0.2) is 9.59 Å². The highest BCUT2D eigenvalue weighted by Gasteiger charge is 1.88. The predicted octanol–water partition coefficient (Wildman–Crippen LogP) is 3.03. The first-order valence-electron chi connectivity index (χ1n) is 5.03. The molecule has 0 saturated carbocycles. The maximum atomic E-state index is 9.55. The Morgan fingerprint density at radius 3 is 1.83 bits per heavy atom. The monoisotopic (exact) mass is 278 g/mol. The van der Waals surface area contributed by atoms with Gasteiger partial charge in [0.1, 0.15) is 0 Å². The normalized spacial score (nSPS) is 8.11. The van der Waals surface area contributed by atoms with Crippen molar-refractivity contribution in [2.75, 3.05) is 6.61 Å². The van der Waals surface area contributed by atoms with Gasteiger partial charge in [0.25, 0.3) is 0 Å². The fourth-order valence-corrected chi connectivity index (χ4v) is 0.454. The minimum absolute atomic E-state index is 0.558. The lowest BCUT2D eigenvalue weighted by Crippen LogP contribution is -1.91. The molecule has 0 aromatic rings. The van der Waals surface area contributed by atoms with Gasteiger partial charge in [-0.3, -0.25) is 0 Å². The number of hydrogen-bond acceptors (Lipinski definition) is 3. The van der Waals surface area contributed by atoms with Gasteiger partial charge in [-0.1, -0.05) is 38.1 Å². The van der Waals surface area contributed by atoms with Crippen molar-refractivity contribution in [3.05, 3.63) is 37.1 Å². The number of carboxylic acid groups (broad SMARTS) is 2. The Morgan fingerprint density at radius 2 is 1.61 bits per heavy atom. The highest BCUT2D eigenvalue weighted by molar-refractivity contribution is 6.25. The van der Waals surface area contributed by atoms with Gasteiger partial charge in [0, 0.05) is 12.2 Å². The summed E-state index contributed by atoms with van der Waals surface area (Å²) in [6, 6.07) is 0. The Hall–Kier alpha value is -1.75. The summed E-state index contributed by atoms with van der Waals surface area (Å²) in [6.45, 7) is 9.49. The highest BCUT2D eigenvalue weighted by atomic mass is 35.5. The minimum atomic E-state index is -1.26. The molecule has 0 aromatic carbocycles. The van der Waals surface area contributed by atoms with Gasteiger partial charge in [-0.2, -0.15) is 0 Å². The van der Waals surface area contributed by atoms with Crippen molar-refractivity contribution in [3.8, 4) is 0 Å². The molecule has 0 saturated heterocycles. The summed E-state index contributed by atoms with van der Waals surface area (Å²) in [5.41, 5.74) is 1.22. The Bertz CT molecular complexity index is 245. The third-order valence-electron chi connectivity index (χ3n) is 1.10. The quantitative estimate of drug-likeness (QED) is 0.443. The lowest BCUT2D eigenvalue weighted by molar-refractivity contribution is -0.134. The number of aliphatic carboxylic acids is 2. The Kier molecular flexibility index (Phi) is 24.7. The number of unbranched alkanes of at least 4 members (excludes halogenated alkanes) is 1. The summed E-state index contributed by atoms with van der Waals surface area (Å²) >= 11 is 4.76. The van der Waals surface area contributed by atoms with Gasteiger partial charge >= 0.3 is 11.9 Å². The molecule has 0 fully saturated rings. The van der Waals surface area contributed by atoms with E-state index in [2.05, 4.69) is 20.1 Å². The summed E-state index contributed by atoms with van der Waals surface area (Å²) in [5.74, 6) is -2.51. The maximum Gasteiger partial charge on any atom is 0.328 e. The first-order chi connectivity index (χ1) is 8.45. The Morgan fingerprint density at radius 1 is 1.22 bits per heavy atom. The lowest BCUT2D eigenvalue weighted by atomic mass is 10.4. The molecule has 0 aliphatic carbocycles. The van der Waals surface area contributed by atoms with Gasteiger partial charge in [-0.05, 0) is 12.0 Å². The molecule has 0 bridgehead atoms. The summed E-state index contributed by atoms with van der Waals surface area (Å²) in [5, 5.41) is 15.6. The number of carboxylic acids is 2. The first-order valence-corrected chi connectivity index (χ1v) is 5.47. The van der Waals surface area contributed by atoms with Gasteiger partial charge in [0.2, 0.25) is 0 Å². The number of carbonyl (C=O) groups is 2. The number of halogens is 1. The molecule has 2 N–H and O–H groups in total. The molecule has 5 nitrogen and oxygen atoms in total. The van der Waals surface area contributed by atoms with Gasteiger partial charge in [-0.15, -0.1) is 0 Å². The Balaban J connectivity index is -0.000000207. The molecule has 0 aromatic heterocycles. The van der Waals surface area contributed by atoms with E-state index in [9.17, 15) is 9.59 Å². The molecule has 18 heavy (non-hydrogen) atoms. The molecule has 0 rings (SSSR count). The van der Waals surface area contributed by atoms with E-state index in [0.717, 1.165) is 13.0 Å². The summed E-state index contributed by atoms with van der Waals surface area (Å²) in [6.07, 6.45) is 4.92. The van der Waals surface area contributed by atoms with Crippen LogP contribution in [-0.4, -0.2) is 28.8 Å². The zero-order valence-electron chi connectivity index (χ0n) is 10.3. The van der Waals surface area contributed by atoms with Crippen LogP contribution in [0.2, 0.25) is 0 Å². The van der Waals surface area contributed by atoms with Gasteiger partial charge in [0.15, 0.2) is 0 Å². The van der Waals surface area contributed by atoms with Crippen molar-refractivity contribution in [2.24, 2.45) is 0 Å². The van der Waals surface area contributed by atoms with Crippen LogP contribution in [0, 0.1) is 0 Å². The van der Waals surface area contributed by atoms with Gasteiger partial charge < -0.3 is 14.9 Å². The van der Waals surface area contributed by atoms with Gasteiger partial charge in [0.05, 0.1) is 12.9 Å². The highest BCUT2D eigenvalue weighted by Crippen LogP contribution is 1.86. The van der Waals surface area contributed by atoms with Crippen molar-refractivity contribution in [3.63, 3.8) is 0 Å². The van der Waals surface area contributed by atoms with E-state index in [1.54, 1.807) is 0 Å². The standard InChI is InChI=1S/C6H12O.C4H4O4.C2H3Cl/c1-3-5-6-7-4-2;5-3(6)1-2-4(7)8;1-2-3/h4H,2-3,5-6H2,1H3;1-2H,(H,5,6)(H,7,8);2H,1H2/b;2-1-;. The van der Waals surface area contributed by atoms with Crippen LogP contribution < -0.4 is 0 Å². The van der Waals surface area contributed by atoms with Crippen molar-refractivity contribution in [1.82, 2.24) is 0 Å². The second-order valence-electron chi connectivity index (χ2n) is 2.56. The summed E-state index contributed by atoms with van der Waals surface area (Å²) < 4.78 is 4.84. The average Bonchev–Trinajstić information content (AvgIpc) is 2.29. The van der Waals surface area contributed by atoms with Crippen molar-refractivity contribution < 1.29 is 24.5 Å². The fourth-order valence-electron chi connectivity index (χ4n) is 0.454. The zero-order chi connectivity index (χ0) is 14.8. The maximum absolute atomic E-state index is 9.55. The second-order valence-corrected chi connectivity index (χ2v) is 2.86. The Labute approximate surface area is 112 Å². The first kappa shape index (κ1) is 21.5. The number of ether oxygens (including phenoxy) is 1. The molecule has 0 amide bonds. The van der Waals surface area contributed by atoms with Crippen LogP contribution in [0.15, 0.2) is 37.1 Å². The van der Waals surface area contributed by atoms with Crippen molar-refractivity contribution in [2.45, 2.75) is 19.8 Å². The topological polar surface area (TPSA) is 83.8 Å². The van der Waals surface area contributed by atoms with E-state index in [4.69, 9.17) is 26.6 Å². The molecule has 0 spiro atoms. The van der Waals surface area contributed by atoms with E-state index in [0.29, 0.717) is 12.2 Å². The van der Waals surface area contributed by atoms with Crippen LogP contribution in [0.3, 0.4) is 0 Å². The average molecular weight is 279 g/mol. The predicted molar refractivity (Wildman–Crippen MR) is 71.5 cm³/mol. The van der Waals surface area contributed by atoms with E-state index in [1.807, 2.05) is 0 Å². The fraction of sp³-hybridized carbons (Fsp3) is 0.333. The number of hydrogen-bond donors (Lipinski definition) is 2. The lowest BCUT2D eigenvalue weighted by Gasteiger charge is -1.93. The second kappa shape index (κ2) is 20.6. The van der Waals surface area contributed by atoms with Crippen LogP contribution in [0.4, 0.5) is 0 Å². The van der Waals surface area contributed by atoms with E-state index in [-0.39, 0.29) is 0 Å². The molecule has 0 aliphatic rings. The largest absolute Gasteiger partial charge is 0.502 e.